The Labute approximate surface area is 93.1 Å². The SMILES string of the molecule is CCCCCC1(C(=O)O)CCC(C)CC1. The Bertz CT molecular complexity index is 203. The second-order valence-electron chi connectivity index (χ2n) is 5.23. The van der Waals surface area contributed by atoms with Crippen molar-refractivity contribution < 1.29 is 9.90 Å². The summed E-state index contributed by atoms with van der Waals surface area (Å²) in [6.07, 6.45) is 8.30. The number of aliphatic carboxylic acids is 1. The van der Waals surface area contributed by atoms with Crippen molar-refractivity contribution in [2.75, 3.05) is 0 Å². The average Bonchev–Trinajstić information content (AvgIpc) is 2.21. The van der Waals surface area contributed by atoms with Crippen LogP contribution in [0.5, 0.6) is 0 Å². The van der Waals surface area contributed by atoms with Crippen LogP contribution in [0.4, 0.5) is 0 Å². The molecule has 0 aliphatic heterocycles. The Morgan fingerprint density at radius 2 is 1.93 bits per heavy atom. The summed E-state index contributed by atoms with van der Waals surface area (Å²) >= 11 is 0. The number of hydrogen-bond donors (Lipinski definition) is 1. The molecule has 1 N–H and O–H groups in total. The minimum Gasteiger partial charge on any atom is -0.481 e. The molecule has 0 amide bonds. The van der Waals surface area contributed by atoms with Crippen LogP contribution in [0.15, 0.2) is 0 Å². The highest BCUT2D eigenvalue weighted by molar-refractivity contribution is 5.74. The van der Waals surface area contributed by atoms with Gasteiger partial charge >= 0.3 is 5.97 Å². The van der Waals surface area contributed by atoms with Crippen LogP contribution in [-0.2, 0) is 4.79 Å². The third-order valence-electron chi connectivity index (χ3n) is 3.94. The highest BCUT2D eigenvalue weighted by Crippen LogP contribution is 2.42. The summed E-state index contributed by atoms with van der Waals surface area (Å²) in [4.78, 5) is 11.4. The van der Waals surface area contributed by atoms with Gasteiger partial charge in [0.1, 0.15) is 0 Å². The van der Waals surface area contributed by atoms with E-state index in [2.05, 4.69) is 13.8 Å². The van der Waals surface area contributed by atoms with Gasteiger partial charge < -0.3 is 5.11 Å². The largest absolute Gasteiger partial charge is 0.481 e. The van der Waals surface area contributed by atoms with Crippen molar-refractivity contribution in [3.05, 3.63) is 0 Å². The summed E-state index contributed by atoms with van der Waals surface area (Å²) in [5.74, 6) is 0.175. The molecule has 0 spiro atoms. The monoisotopic (exact) mass is 212 g/mol. The van der Waals surface area contributed by atoms with E-state index in [-0.39, 0.29) is 5.41 Å². The second-order valence-corrected chi connectivity index (χ2v) is 5.23. The molecular weight excluding hydrogens is 188 g/mol. The van der Waals surface area contributed by atoms with Crippen molar-refractivity contribution in [2.45, 2.75) is 65.2 Å². The minimum absolute atomic E-state index is 0.373. The Morgan fingerprint density at radius 1 is 1.33 bits per heavy atom. The van der Waals surface area contributed by atoms with Gasteiger partial charge in [0.15, 0.2) is 0 Å². The van der Waals surface area contributed by atoms with E-state index in [0.717, 1.165) is 44.4 Å². The lowest BCUT2D eigenvalue weighted by Gasteiger charge is -2.35. The maximum atomic E-state index is 11.4. The van der Waals surface area contributed by atoms with Gasteiger partial charge in [-0.3, -0.25) is 4.79 Å². The van der Waals surface area contributed by atoms with Gasteiger partial charge in [0.2, 0.25) is 0 Å². The summed E-state index contributed by atoms with van der Waals surface area (Å²) < 4.78 is 0. The third kappa shape index (κ3) is 3.22. The van der Waals surface area contributed by atoms with Crippen LogP contribution < -0.4 is 0 Å². The maximum absolute atomic E-state index is 11.4. The molecule has 0 atom stereocenters. The molecule has 0 saturated heterocycles. The summed E-state index contributed by atoms with van der Waals surface area (Å²) in [6.45, 7) is 4.40. The van der Waals surface area contributed by atoms with E-state index < -0.39 is 5.97 Å². The van der Waals surface area contributed by atoms with E-state index in [4.69, 9.17) is 0 Å². The highest BCUT2D eigenvalue weighted by Gasteiger charge is 2.40. The summed E-state index contributed by atoms with van der Waals surface area (Å²) in [6, 6.07) is 0. The van der Waals surface area contributed by atoms with Crippen LogP contribution in [0.2, 0.25) is 0 Å². The van der Waals surface area contributed by atoms with Crippen molar-refractivity contribution in [3.63, 3.8) is 0 Å². The van der Waals surface area contributed by atoms with Gasteiger partial charge in [-0.15, -0.1) is 0 Å². The molecule has 1 rings (SSSR count). The molecule has 15 heavy (non-hydrogen) atoms. The second kappa shape index (κ2) is 5.53. The molecule has 1 fully saturated rings. The Balaban J connectivity index is 2.51. The molecule has 0 bridgehead atoms. The first-order valence-corrected chi connectivity index (χ1v) is 6.34. The van der Waals surface area contributed by atoms with Crippen molar-refractivity contribution in [2.24, 2.45) is 11.3 Å². The number of carboxylic acid groups (broad SMARTS) is 1. The van der Waals surface area contributed by atoms with E-state index in [1.165, 1.54) is 12.8 Å². The van der Waals surface area contributed by atoms with Gasteiger partial charge in [-0.05, 0) is 38.0 Å². The molecule has 0 aromatic rings. The first-order valence-electron chi connectivity index (χ1n) is 6.34. The number of unbranched alkanes of at least 4 members (excludes halogenated alkanes) is 2. The zero-order valence-corrected chi connectivity index (χ0v) is 10.1. The molecule has 0 radical (unpaired) electrons. The summed E-state index contributed by atoms with van der Waals surface area (Å²) in [5.41, 5.74) is -0.373. The molecule has 1 aliphatic rings. The first kappa shape index (κ1) is 12.5. The lowest BCUT2D eigenvalue weighted by molar-refractivity contribution is -0.152. The number of carbonyl (C=O) groups is 1. The topological polar surface area (TPSA) is 37.3 Å². The van der Waals surface area contributed by atoms with E-state index in [1.807, 2.05) is 0 Å². The standard InChI is InChI=1S/C13H24O2/c1-3-4-5-8-13(12(14)15)9-6-11(2)7-10-13/h11H,3-10H2,1-2H3,(H,14,15). The third-order valence-corrected chi connectivity index (χ3v) is 3.94. The fourth-order valence-electron chi connectivity index (χ4n) is 2.60. The predicted octanol–water partition coefficient (Wildman–Crippen LogP) is 3.85. The Morgan fingerprint density at radius 3 is 2.40 bits per heavy atom. The quantitative estimate of drug-likeness (QED) is 0.703. The van der Waals surface area contributed by atoms with Gasteiger partial charge in [-0.25, -0.2) is 0 Å². The molecule has 2 heteroatoms. The van der Waals surface area contributed by atoms with Crippen LogP contribution in [0.1, 0.15) is 65.2 Å². The van der Waals surface area contributed by atoms with Gasteiger partial charge in [0.05, 0.1) is 5.41 Å². The molecule has 0 heterocycles. The van der Waals surface area contributed by atoms with Crippen molar-refractivity contribution in [1.82, 2.24) is 0 Å². The number of hydrogen-bond acceptors (Lipinski definition) is 1. The smallest absolute Gasteiger partial charge is 0.309 e. The molecule has 1 saturated carbocycles. The van der Waals surface area contributed by atoms with Gasteiger partial charge in [-0.2, -0.15) is 0 Å². The van der Waals surface area contributed by atoms with Crippen LogP contribution in [-0.4, -0.2) is 11.1 Å². The first-order chi connectivity index (χ1) is 7.10. The number of rotatable bonds is 5. The lowest BCUT2D eigenvalue weighted by Crippen LogP contribution is -2.35. The maximum Gasteiger partial charge on any atom is 0.309 e. The number of carboxylic acids is 1. The van der Waals surface area contributed by atoms with Gasteiger partial charge in [0.25, 0.3) is 0 Å². The van der Waals surface area contributed by atoms with Crippen LogP contribution in [0.3, 0.4) is 0 Å². The lowest BCUT2D eigenvalue weighted by atomic mass is 9.68. The fourth-order valence-corrected chi connectivity index (χ4v) is 2.60. The van der Waals surface area contributed by atoms with Gasteiger partial charge in [0, 0.05) is 0 Å². The van der Waals surface area contributed by atoms with Gasteiger partial charge in [-0.1, -0.05) is 33.1 Å². The minimum atomic E-state index is -0.550. The zero-order chi connectivity index (χ0) is 11.3. The molecule has 2 nitrogen and oxygen atoms in total. The van der Waals surface area contributed by atoms with Crippen molar-refractivity contribution in [1.29, 1.82) is 0 Å². The highest BCUT2D eigenvalue weighted by atomic mass is 16.4. The average molecular weight is 212 g/mol. The zero-order valence-electron chi connectivity index (χ0n) is 10.1. The molecule has 0 aromatic heterocycles. The molecular formula is C13H24O2. The van der Waals surface area contributed by atoms with E-state index >= 15 is 0 Å². The Kier molecular flexibility index (Phi) is 4.62. The van der Waals surface area contributed by atoms with Crippen LogP contribution in [0, 0.1) is 11.3 Å². The summed E-state index contributed by atoms with van der Waals surface area (Å²) in [5, 5.41) is 9.37. The van der Waals surface area contributed by atoms with Crippen LogP contribution >= 0.6 is 0 Å². The molecule has 88 valence electrons. The summed E-state index contributed by atoms with van der Waals surface area (Å²) in [7, 11) is 0. The predicted molar refractivity (Wildman–Crippen MR) is 61.8 cm³/mol. The normalized spacial score (nSPS) is 31.5. The molecule has 0 unspecified atom stereocenters. The van der Waals surface area contributed by atoms with Crippen molar-refractivity contribution >= 4 is 5.97 Å². The van der Waals surface area contributed by atoms with Crippen LogP contribution in [0.25, 0.3) is 0 Å². The molecule has 0 aromatic carbocycles. The van der Waals surface area contributed by atoms with E-state index in [9.17, 15) is 9.90 Å². The van der Waals surface area contributed by atoms with E-state index in [0.29, 0.717) is 0 Å². The van der Waals surface area contributed by atoms with Crippen molar-refractivity contribution in [3.8, 4) is 0 Å². The fraction of sp³-hybridized carbons (Fsp3) is 0.923. The molecule has 1 aliphatic carbocycles. The Hall–Kier alpha value is -0.530. The van der Waals surface area contributed by atoms with E-state index in [1.54, 1.807) is 0 Å².